The van der Waals surface area contributed by atoms with E-state index >= 15 is 0 Å². The number of rotatable bonds is 13. The minimum Gasteiger partial charge on any atom is -0.453 e. The van der Waals surface area contributed by atoms with E-state index < -0.39 is 12.2 Å². The first-order valence-corrected chi connectivity index (χ1v) is 17.7. The Balaban J connectivity index is 1.18. The zero-order valence-corrected chi connectivity index (χ0v) is 30.1. The fraction of sp³-hybridized carbons (Fsp3) is 0.333. The molecular formula is C39H44N8O6. The van der Waals surface area contributed by atoms with Crippen LogP contribution in [0.3, 0.4) is 0 Å². The van der Waals surface area contributed by atoms with E-state index in [1.807, 2.05) is 12.1 Å². The number of benzene rings is 3. The maximum absolute atomic E-state index is 12.9. The van der Waals surface area contributed by atoms with Gasteiger partial charge in [-0.3, -0.25) is 9.59 Å². The highest BCUT2D eigenvalue weighted by Gasteiger charge is 2.32. The highest BCUT2D eigenvalue weighted by atomic mass is 16.5. The Hall–Kier alpha value is -6.18. The monoisotopic (exact) mass is 720 g/mol. The number of nitrogens with zero attached hydrogens (tertiary/aromatic N) is 4. The Kier molecular flexibility index (Phi) is 11.7. The Bertz CT molecular complexity index is 2070. The molecule has 0 aliphatic carbocycles. The molecule has 3 aromatic carbocycles. The number of amides is 4. The van der Waals surface area contributed by atoms with Gasteiger partial charge in [-0.15, -0.1) is 0 Å². The van der Waals surface area contributed by atoms with Gasteiger partial charge in [-0.05, 0) is 46.7 Å². The van der Waals surface area contributed by atoms with Crippen molar-refractivity contribution in [2.24, 2.45) is 0 Å². The molecule has 1 aliphatic heterocycles. The predicted molar refractivity (Wildman–Crippen MR) is 199 cm³/mol. The van der Waals surface area contributed by atoms with Crippen molar-refractivity contribution in [3.8, 4) is 33.6 Å². The molecule has 1 saturated heterocycles. The summed E-state index contributed by atoms with van der Waals surface area (Å²) < 4.78 is 9.19. The molecule has 2 aromatic heterocycles. The lowest BCUT2D eigenvalue weighted by Crippen LogP contribution is -2.40. The number of likely N-dealkylation sites (tertiary alicyclic amines) is 1. The summed E-state index contributed by atoms with van der Waals surface area (Å²) in [6.07, 6.45) is 5.68. The number of aromatic nitrogens is 4. The van der Waals surface area contributed by atoms with Gasteiger partial charge in [0, 0.05) is 18.7 Å². The van der Waals surface area contributed by atoms with Crippen LogP contribution in [0.4, 0.5) is 9.59 Å². The molecule has 14 heteroatoms. The molecule has 0 saturated carbocycles. The number of methoxy groups -OCH3 is 2. The van der Waals surface area contributed by atoms with Crippen LogP contribution in [0.1, 0.15) is 50.3 Å². The molecular weight excluding hydrogens is 676 g/mol. The highest BCUT2D eigenvalue weighted by molar-refractivity contribution is 6.04. The molecule has 0 bridgehead atoms. The summed E-state index contributed by atoms with van der Waals surface area (Å²) in [4.78, 5) is 68.2. The molecule has 1 unspecified atom stereocenters. The number of alkyl carbamates (subject to hydrolysis) is 2. The fourth-order valence-corrected chi connectivity index (χ4v) is 6.67. The van der Waals surface area contributed by atoms with E-state index in [1.165, 1.54) is 14.2 Å². The molecule has 5 aromatic rings. The van der Waals surface area contributed by atoms with Gasteiger partial charge in [-0.2, -0.15) is 0 Å². The van der Waals surface area contributed by atoms with Gasteiger partial charge in [0.05, 0.1) is 50.6 Å². The van der Waals surface area contributed by atoms with E-state index in [0.29, 0.717) is 24.7 Å². The molecule has 0 spiro atoms. The van der Waals surface area contributed by atoms with Gasteiger partial charge in [0.15, 0.2) is 0 Å². The Labute approximate surface area is 307 Å². The third-order valence-corrected chi connectivity index (χ3v) is 9.45. The zero-order chi connectivity index (χ0) is 37.3. The molecule has 6 rings (SSSR count). The smallest absolute Gasteiger partial charge is 0.407 e. The second-order valence-corrected chi connectivity index (χ2v) is 12.8. The number of nitrogens with one attached hydrogen (secondary N) is 4. The number of aromatic amines is 2. The average molecular weight is 721 g/mol. The molecule has 1 atom stereocenters. The number of H-pyrrole nitrogens is 2. The number of carbonyl (C=O) groups is 4. The van der Waals surface area contributed by atoms with Crippen LogP contribution in [-0.2, 0) is 25.6 Å². The van der Waals surface area contributed by atoms with Crippen molar-refractivity contribution in [3.63, 3.8) is 0 Å². The largest absolute Gasteiger partial charge is 0.453 e. The molecule has 1 aliphatic rings. The van der Waals surface area contributed by atoms with Gasteiger partial charge in [-0.1, -0.05) is 74.0 Å². The Morgan fingerprint density at radius 3 is 2.21 bits per heavy atom. The van der Waals surface area contributed by atoms with Crippen LogP contribution in [0.15, 0.2) is 73.1 Å². The van der Waals surface area contributed by atoms with Crippen molar-refractivity contribution in [1.82, 2.24) is 40.4 Å². The van der Waals surface area contributed by atoms with Gasteiger partial charge in [0.2, 0.25) is 11.8 Å². The summed E-state index contributed by atoms with van der Waals surface area (Å²) in [5.41, 5.74) is 5.78. The predicted octanol–water partition coefficient (Wildman–Crippen LogP) is 5.79. The lowest BCUT2D eigenvalue weighted by Gasteiger charge is -2.23. The minimum absolute atomic E-state index is 0.129. The van der Waals surface area contributed by atoms with Crippen LogP contribution in [0, 0.1) is 0 Å². The maximum atomic E-state index is 12.9. The van der Waals surface area contributed by atoms with Gasteiger partial charge in [0.1, 0.15) is 24.7 Å². The third kappa shape index (κ3) is 8.49. The summed E-state index contributed by atoms with van der Waals surface area (Å²) >= 11 is 0. The van der Waals surface area contributed by atoms with E-state index in [1.54, 1.807) is 22.2 Å². The normalized spacial score (nSPS) is 13.9. The van der Waals surface area contributed by atoms with Crippen LogP contribution >= 0.6 is 0 Å². The summed E-state index contributed by atoms with van der Waals surface area (Å²) in [5, 5.41) is 7.07. The number of unbranched alkanes of at least 4 members (excludes halogenated alkanes) is 1. The topological polar surface area (TPSA) is 175 Å². The van der Waals surface area contributed by atoms with E-state index in [9.17, 15) is 19.2 Å². The second kappa shape index (κ2) is 16.9. The lowest BCUT2D eigenvalue weighted by atomic mass is 9.93. The van der Waals surface area contributed by atoms with E-state index in [2.05, 4.69) is 95.5 Å². The van der Waals surface area contributed by atoms with Gasteiger partial charge in [0.25, 0.3) is 0 Å². The van der Waals surface area contributed by atoms with E-state index in [0.717, 1.165) is 70.1 Å². The number of fused-ring (bicyclic) bond motifs is 1. The number of ether oxygens (including phenoxy) is 2. The van der Waals surface area contributed by atoms with Crippen LogP contribution in [0.5, 0.6) is 0 Å². The van der Waals surface area contributed by atoms with Crippen LogP contribution in [-0.4, -0.2) is 94.1 Å². The van der Waals surface area contributed by atoms with Crippen molar-refractivity contribution in [1.29, 1.82) is 0 Å². The lowest BCUT2D eigenvalue weighted by molar-refractivity contribution is -0.131. The Morgan fingerprint density at radius 1 is 0.830 bits per heavy atom. The van der Waals surface area contributed by atoms with Gasteiger partial charge < -0.3 is 39.9 Å². The minimum atomic E-state index is -0.650. The average Bonchev–Trinajstić information content (AvgIpc) is 3.99. The highest BCUT2D eigenvalue weighted by Crippen LogP contribution is 2.36. The van der Waals surface area contributed by atoms with Gasteiger partial charge >= 0.3 is 12.2 Å². The molecule has 3 heterocycles. The summed E-state index contributed by atoms with van der Waals surface area (Å²) in [5.74, 6) is 0.969. The maximum Gasteiger partial charge on any atom is 0.407 e. The van der Waals surface area contributed by atoms with Gasteiger partial charge in [-0.25, -0.2) is 19.6 Å². The summed E-state index contributed by atoms with van der Waals surface area (Å²) in [7, 11) is 2.53. The third-order valence-electron chi connectivity index (χ3n) is 9.45. The summed E-state index contributed by atoms with van der Waals surface area (Å²) in [6, 6.07) is 20.5. The number of hydrogen-bond acceptors (Lipinski definition) is 8. The molecule has 4 N–H and O–H groups in total. The van der Waals surface area contributed by atoms with Crippen molar-refractivity contribution >= 4 is 34.8 Å². The molecule has 1 fully saturated rings. The van der Waals surface area contributed by atoms with Crippen molar-refractivity contribution in [3.05, 3.63) is 84.7 Å². The first kappa shape index (κ1) is 36.6. The number of imidazole rings is 2. The summed E-state index contributed by atoms with van der Waals surface area (Å²) in [6.45, 7) is 3.21. The number of hydrogen-bond donors (Lipinski definition) is 4. The molecule has 276 valence electrons. The van der Waals surface area contributed by atoms with Crippen molar-refractivity contribution in [2.75, 3.05) is 40.4 Å². The zero-order valence-electron chi connectivity index (χ0n) is 30.1. The first-order valence-electron chi connectivity index (χ1n) is 17.7. The molecule has 0 radical (unpaired) electrons. The first-order chi connectivity index (χ1) is 25.8. The number of carbonyl (C=O) groups excluding carboxylic acids is 4. The molecule has 53 heavy (non-hydrogen) atoms. The van der Waals surface area contributed by atoms with Crippen LogP contribution in [0.25, 0.3) is 44.4 Å². The van der Waals surface area contributed by atoms with E-state index in [-0.39, 0.29) is 37.5 Å². The van der Waals surface area contributed by atoms with Crippen LogP contribution < -0.4 is 10.6 Å². The van der Waals surface area contributed by atoms with Crippen LogP contribution in [0.2, 0.25) is 0 Å². The van der Waals surface area contributed by atoms with E-state index in [4.69, 9.17) is 0 Å². The van der Waals surface area contributed by atoms with Crippen molar-refractivity contribution in [2.45, 2.75) is 45.2 Å². The molecule has 4 amide bonds. The standard InChI is InChI=1S/C39H44N8O6/c1-4-5-18-46(35(48)22-42-38(50)52-2)24-34-40-21-32(44-34)30-17-16-27(28-9-6-7-10-29(28)30)25-12-14-26(15-13-25)31-20-41-37(45-31)33-11-8-19-47(33)36(49)23-43-39(51)53-3/h6-7,9-10,12-17,20-21,33H,4-5,8,11,18-19,22-24H2,1-3H3,(H,40,44)(H,41,45)(H,42,50)(H,43,51). The fourth-order valence-electron chi connectivity index (χ4n) is 6.67. The second-order valence-electron chi connectivity index (χ2n) is 12.8. The Morgan fingerprint density at radius 2 is 1.49 bits per heavy atom. The SMILES string of the molecule is CCCCN(Cc1ncc(-c2ccc(-c3ccc(-c4cnc(C5CCCN5C(=O)CNC(=O)OC)[nH]4)cc3)c3ccccc23)[nH]1)C(=O)CNC(=O)OC. The quantitative estimate of drug-likeness (QED) is 0.118. The van der Waals surface area contributed by atoms with Crippen molar-refractivity contribution < 1.29 is 28.7 Å². The molecule has 14 nitrogen and oxygen atoms in total.